The van der Waals surface area contributed by atoms with Crippen LogP contribution in [0.4, 0.5) is 0 Å². The van der Waals surface area contributed by atoms with Crippen LogP contribution in [0.3, 0.4) is 0 Å². The standard InChI is InChI=1S/3C10H18O3.3C4H9O.3Al/c3*1-4-7-8(11)10(5-2,6-3)9(12)13;3*1-4(2)3-5;;;/h3*4-7H2,1-3H3,(H,12,13);3*4H,3H2,1-2H3;;;/q;;;3*-1;;2*+3/p-3. The number of carbonyl (C=O) groups excluding carboxylic acids is 6. The topological polar surface area (TPSA) is 241 Å². The van der Waals surface area contributed by atoms with E-state index < -0.39 is 34.2 Å². The number of carboxylic acids is 3. The first-order valence-electron chi connectivity index (χ1n) is 19.9. The van der Waals surface area contributed by atoms with Crippen LogP contribution < -0.4 is 30.6 Å². The summed E-state index contributed by atoms with van der Waals surface area (Å²) in [6.07, 6.45) is 5.00. The zero-order chi connectivity index (χ0) is 44.3. The van der Waals surface area contributed by atoms with Crippen molar-refractivity contribution in [1.29, 1.82) is 0 Å². The number of carboxylic acid groups (broad SMARTS) is 3. The summed E-state index contributed by atoms with van der Waals surface area (Å²) in [6, 6.07) is 0. The Morgan fingerprint density at radius 1 is 0.386 bits per heavy atom. The Morgan fingerprint density at radius 3 is 0.561 bits per heavy atom. The van der Waals surface area contributed by atoms with Crippen molar-refractivity contribution in [3.8, 4) is 0 Å². The fraction of sp³-hybridized carbons (Fsp3) is 0.857. The second-order valence-corrected chi connectivity index (χ2v) is 14.4. The Kier molecular flexibility index (Phi) is 61.8. The van der Waals surface area contributed by atoms with Crippen LogP contribution in [-0.2, 0) is 28.8 Å². The number of hydrogen-bond acceptors (Lipinski definition) is 12. The van der Waals surface area contributed by atoms with E-state index in [9.17, 15) is 59.4 Å². The zero-order valence-corrected chi connectivity index (χ0v) is 41.9. The third-order valence-electron chi connectivity index (χ3n) is 8.83. The second-order valence-electron chi connectivity index (χ2n) is 14.4. The van der Waals surface area contributed by atoms with Crippen LogP contribution in [0.15, 0.2) is 0 Å². The molecule has 0 bridgehead atoms. The molecule has 327 valence electrons. The van der Waals surface area contributed by atoms with Crippen molar-refractivity contribution in [1.82, 2.24) is 0 Å². The molecule has 0 heterocycles. The number of rotatable bonds is 21. The fourth-order valence-corrected chi connectivity index (χ4v) is 4.54. The maximum Gasteiger partial charge on any atom is 3.00 e. The van der Waals surface area contributed by atoms with Gasteiger partial charge < -0.3 is 45.0 Å². The molecule has 57 heavy (non-hydrogen) atoms. The molecule has 0 unspecified atom stereocenters. The summed E-state index contributed by atoms with van der Waals surface area (Å²) < 4.78 is 0. The van der Waals surface area contributed by atoms with Crippen molar-refractivity contribution in [3.05, 3.63) is 0 Å². The normalized spacial score (nSPS) is 10.3. The molecule has 0 atom stereocenters. The van der Waals surface area contributed by atoms with E-state index >= 15 is 0 Å². The van der Waals surface area contributed by atoms with E-state index in [1.54, 1.807) is 41.5 Å². The van der Waals surface area contributed by atoms with Gasteiger partial charge in [0.1, 0.15) is 17.3 Å². The van der Waals surface area contributed by atoms with Gasteiger partial charge in [-0.15, -0.1) is 19.8 Å². The SMILES string of the molecule is CC(C)C[O-].CC(C)C[O-].CC(C)C[O-].CCCC(=O)C(CC)(CC)C(=O)[O-].CCCC(=O)C(CC)(CC)C(=O)[O-].CCCC(=O)C(CC)(CC)C(=O)[O-].[Al+3].[Al+3].[Al]. The van der Waals surface area contributed by atoms with Gasteiger partial charge in [-0.05, 0) is 57.8 Å². The first-order valence-corrected chi connectivity index (χ1v) is 19.9. The first kappa shape index (κ1) is 76.6. The van der Waals surface area contributed by atoms with E-state index in [0.29, 0.717) is 94.8 Å². The predicted octanol–water partition coefficient (Wildman–Crippen LogP) is 1.60. The predicted molar refractivity (Wildman–Crippen MR) is 220 cm³/mol. The van der Waals surface area contributed by atoms with Crippen molar-refractivity contribution >= 4 is 87.3 Å². The molecule has 0 saturated carbocycles. The van der Waals surface area contributed by atoms with Crippen molar-refractivity contribution in [2.75, 3.05) is 19.8 Å². The summed E-state index contributed by atoms with van der Waals surface area (Å²) in [4.78, 5) is 67.2. The average Bonchev–Trinajstić information content (AvgIpc) is 3.12. The summed E-state index contributed by atoms with van der Waals surface area (Å²) in [7, 11) is 0. The summed E-state index contributed by atoms with van der Waals surface area (Å²) >= 11 is 0. The Bertz CT molecular complexity index is 867. The van der Waals surface area contributed by atoms with Crippen LogP contribution in [0, 0.1) is 34.0 Å². The minimum Gasteiger partial charge on any atom is -0.854 e. The molecule has 0 aliphatic rings. The molecular formula is C42H78Al3O12. The monoisotopic (exact) mass is 855 g/mol. The maximum absolute atomic E-state index is 11.5. The van der Waals surface area contributed by atoms with Gasteiger partial charge in [0, 0.05) is 36.6 Å². The van der Waals surface area contributed by atoms with Gasteiger partial charge in [-0.1, -0.05) is 122 Å². The van der Waals surface area contributed by atoms with Crippen molar-refractivity contribution < 1.29 is 59.4 Å². The molecule has 0 saturated heterocycles. The molecule has 0 aliphatic carbocycles. The second kappa shape index (κ2) is 46.0. The Balaban J connectivity index is -0.0000000719. The van der Waals surface area contributed by atoms with Crippen molar-refractivity contribution in [2.24, 2.45) is 34.0 Å². The average molecular weight is 856 g/mol. The number of ketones is 3. The Hall–Kier alpha value is -1.10. The van der Waals surface area contributed by atoms with Crippen LogP contribution in [0.25, 0.3) is 0 Å². The number of carbonyl (C=O) groups is 6. The third kappa shape index (κ3) is 33.3. The van der Waals surface area contributed by atoms with Crippen LogP contribution in [0.1, 0.15) is 181 Å². The molecule has 0 aromatic rings. The molecule has 15 heteroatoms. The number of aliphatic carboxylic acids is 3. The van der Waals surface area contributed by atoms with Crippen molar-refractivity contribution in [2.45, 2.75) is 181 Å². The number of hydrogen-bond donors (Lipinski definition) is 0. The van der Waals surface area contributed by atoms with Gasteiger partial charge in [0.15, 0.2) is 0 Å². The minimum atomic E-state index is -1.24. The molecule has 0 aromatic heterocycles. The van der Waals surface area contributed by atoms with Crippen molar-refractivity contribution in [3.63, 3.8) is 0 Å². The molecular weight excluding hydrogens is 777 g/mol. The van der Waals surface area contributed by atoms with E-state index in [0.717, 1.165) is 0 Å². The van der Waals surface area contributed by atoms with Gasteiger partial charge in [0.2, 0.25) is 0 Å². The van der Waals surface area contributed by atoms with E-state index in [1.165, 1.54) is 0 Å². The van der Waals surface area contributed by atoms with E-state index in [-0.39, 0.29) is 89.3 Å². The van der Waals surface area contributed by atoms with E-state index in [4.69, 9.17) is 0 Å². The number of Topliss-reactive ketones (excluding diaryl/α,β-unsaturated/α-hetero) is 3. The fourth-order valence-electron chi connectivity index (χ4n) is 4.54. The molecule has 12 nitrogen and oxygen atoms in total. The molecule has 0 amide bonds. The van der Waals surface area contributed by atoms with Gasteiger partial charge in [0.05, 0.1) is 34.2 Å². The quantitative estimate of drug-likeness (QED) is 0.118. The summed E-state index contributed by atoms with van der Waals surface area (Å²) in [6.45, 7) is 27.5. The van der Waals surface area contributed by atoms with Gasteiger partial charge in [0.25, 0.3) is 0 Å². The molecule has 3 radical (unpaired) electrons. The summed E-state index contributed by atoms with van der Waals surface area (Å²) in [5.74, 6) is -3.28. The summed E-state index contributed by atoms with van der Waals surface area (Å²) in [5.41, 5.74) is -3.72. The third-order valence-corrected chi connectivity index (χ3v) is 8.83. The van der Waals surface area contributed by atoms with Crippen LogP contribution in [-0.4, -0.2) is 107 Å². The Labute approximate surface area is 379 Å². The van der Waals surface area contributed by atoms with Crippen LogP contribution >= 0.6 is 0 Å². The van der Waals surface area contributed by atoms with Gasteiger partial charge in [-0.2, -0.15) is 0 Å². The molecule has 0 spiro atoms. The smallest absolute Gasteiger partial charge is 0.854 e. The van der Waals surface area contributed by atoms with E-state index in [2.05, 4.69) is 0 Å². The molecule has 0 N–H and O–H groups in total. The summed E-state index contributed by atoms with van der Waals surface area (Å²) in [5, 5.41) is 61.5. The molecule has 0 aliphatic heterocycles. The Morgan fingerprint density at radius 2 is 0.509 bits per heavy atom. The molecule has 0 aromatic carbocycles. The van der Waals surface area contributed by atoms with Gasteiger partial charge in [-0.3, -0.25) is 14.4 Å². The maximum atomic E-state index is 11.5. The van der Waals surface area contributed by atoms with Gasteiger partial charge >= 0.3 is 34.7 Å². The van der Waals surface area contributed by atoms with Crippen LogP contribution in [0.2, 0.25) is 0 Å². The molecule has 0 rings (SSSR count). The largest absolute Gasteiger partial charge is 3.00 e. The zero-order valence-electron chi connectivity index (χ0n) is 38.5. The minimum absolute atomic E-state index is 0. The van der Waals surface area contributed by atoms with Gasteiger partial charge in [-0.25, -0.2) is 0 Å². The van der Waals surface area contributed by atoms with Crippen LogP contribution in [0.5, 0.6) is 0 Å². The first-order chi connectivity index (χ1) is 24.9. The molecule has 0 fully saturated rings. The van der Waals surface area contributed by atoms with E-state index in [1.807, 2.05) is 62.3 Å².